The van der Waals surface area contributed by atoms with Gasteiger partial charge in [0.1, 0.15) is 0 Å². The van der Waals surface area contributed by atoms with Crippen molar-refractivity contribution in [3.63, 3.8) is 0 Å². The van der Waals surface area contributed by atoms with Gasteiger partial charge in [-0.3, -0.25) is 14.9 Å². The molecule has 0 heterocycles. The van der Waals surface area contributed by atoms with Crippen LogP contribution < -0.4 is 4.90 Å². The molecule has 0 saturated heterocycles. The molecule has 0 fully saturated rings. The van der Waals surface area contributed by atoms with E-state index in [2.05, 4.69) is 15.9 Å². The molecule has 0 atom stereocenters. The number of halogens is 1. The lowest BCUT2D eigenvalue weighted by atomic mass is 10.1. The normalized spacial score (nSPS) is 10.3. The van der Waals surface area contributed by atoms with Crippen LogP contribution in [0.15, 0.2) is 46.9 Å². The van der Waals surface area contributed by atoms with E-state index in [-0.39, 0.29) is 11.6 Å². The first-order valence-corrected chi connectivity index (χ1v) is 7.56. The molecule has 0 aliphatic carbocycles. The molecular weight excluding hydrogens is 348 g/mol. The molecule has 5 nitrogen and oxygen atoms in total. The second kappa shape index (κ2) is 6.70. The van der Waals surface area contributed by atoms with Gasteiger partial charge in [-0.2, -0.15) is 0 Å². The van der Waals surface area contributed by atoms with Crippen LogP contribution in [-0.2, 0) is 0 Å². The van der Waals surface area contributed by atoms with Gasteiger partial charge in [0.25, 0.3) is 11.6 Å². The number of carbonyl (C=O) groups excluding carboxylic acids is 1. The van der Waals surface area contributed by atoms with Gasteiger partial charge in [-0.25, -0.2) is 0 Å². The lowest BCUT2D eigenvalue weighted by Crippen LogP contribution is -2.31. The van der Waals surface area contributed by atoms with Crippen molar-refractivity contribution >= 4 is 33.2 Å². The van der Waals surface area contributed by atoms with Gasteiger partial charge in [0, 0.05) is 23.9 Å². The number of amides is 1. The third-order valence-electron chi connectivity index (χ3n) is 3.36. The van der Waals surface area contributed by atoms with Crippen LogP contribution in [0.25, 0.3) is 0 Å². The molecule has 0 bridgehead atoms. The largest absolute Gasteiger partial charge is 0.308 e. The van der Waals surface area contributed by atoms with E-state index in [1.54, 1.807) is 11.0 Å². The first-order chi connectivity index (χ1) is 10.5. The topological polar surface area (TPSA) is 63.5 Å². The zero-order valence-electron chi connectivity index (χ0n) is 12.2. The standard InChI is InChI=1S/C16H15BrN2O3/c1-3-18(14-7-5-4-6-11(14)2)16(20)12-8-9-13(17)15(10-12)19(21)22/h4-10H,3H2,1-2H3. The summed E-state index contributed by atoms with van der Waals surface area (Å²) in [5, 5.41) is 11.0. The second-order valence-electron chi connectivity index (χ2n) is 4.76. The van der Waals surface area contributed by atoms with Crippen LogP contribution in [0.1, 0.15) is 22.8 Å². The number of para-hydroxylation sites is 1. The molecule has 1 amide bonds. The summed E-state index contributed by atoms with van der Waals surface area (Å²) in [4.78, 5) is 24.8. The molecule has 2 aromatic rings. The Morgan fingerprint density at radius 2 is 1.95 bits per heavy atom. The van der Waals surface area contributed by atoms with E-state index in [1.807, 2.05) is 38.1 Å². The molecule has 0 aliphatic heterocycles. The highest BCUT2D eigenvalue weighted by Gasteiger charge is 2.21. The Hall–Kier alpha value is -2.21. The molecule has 0 N–H and O–H groups in total. The molecular formula is C16H15BrN2O3. The summed E-state index contributed by atoms with van der Waals surface area (Å²) in [6.07, 6.45) is 0. The Morgan fingerprint density at radius 1 is 1.27 bits per heavy atom. The second-order valence-corrected chi connectivity index (χ2v) is 5.61. The van der Waals surface area contributed by atoms with E-state index in [0.29, 0.717) is 16.6 Å². The minimum Gasteiger partial charge on any atom is -0.308 e. The fourth-order valence-electron chi connectivity index (χ4n) is 2.23. The number of anilines is 1. The van der Waals surface area contributed by atoms with Crippen molar-refractivity contribution in [3.8, 4) is 0 Å². The predicted octanol–water partition coefficient (Wildman–Crippen LogP) is 4.33. The number of nitro benzene ring substituents is 1. The van der Waals surface area contributed by atoms with Crippen LogP contribution in [-0.4, -0.2) is 17.4 Å². The van der Waals surface area contributed by atoms with Gasteiger partial charge in [0.2, 0.25) is 0 Å². The van der Waals surface area contributed by atoms with Gasteiger partial charge in [-0.05, 0) is 53.5 Å². The highest BCUT2D eigenvalue weighted by molar-refractivity contribution is 9.10. The molecule has 0 aromatic heterocycles. The number of nitro groups is 1. The third-order valence-corrected chi connectivity index (χ3v) is 4.03. The Bertz CT molecular complexity index is 731. The highest BCUT2D eigenvalue weighted by Crippen LogP contribution is 2.27. The zero-order valence-corrected chi connectivity index (χ0v) is 13.8. The van der Waals surface area contributed by atoms with Crippen LogP contribution >= 0.6 is 15.9 Å². The molecule has 0 radical (unpaired) electrons. The van der Waals surface area contributed by atoms with Crippen molar-refractivity contribution in [3.05, 3.63) is 68.2 Å². The first kappa shape index (κ1) is 16.2. The highest BCUT2D eigenvalue weighted by atomic mass is 79.9. The van der Waals surface area contributed by atoms with Gasteiger partial charge in [-0.15, -0.1) is 0 Å². The van der Waals surface area contributed by atoms with Gasteiger partial charge >= 0.3 is 0 Å². The Kier molecular flexibility index (Phi) is 4.92. The molecule has 2 rings (SSSR count). The Labute approximate surface area is 136 Å². The minimum atomic E-state index is -0.509. The fourth-order valence-corrected chi connectivity index (χ4v) is 2.62. The number of benzene rings is 2. The summed E-state index contributed by atoms with van der Waals surface area (Å²) >= 11 is 3.12. The summed E-state index contributed by atoms with van der Waals surface area (Å²) in [6.45, 7) is 4.28. The zero-order chi connectivity index (χ0) is 16.3. The number of aryl methyl sites for hydroxylation is 1. The number of carbonyl (C=O) groups is 1. The van der Waals surface area contributed by atoms with Crippen molar-refractivity contribution in [2.45, 2.75) is 13.8 Å². The van der Waals surface area contributed by atoms with Crippen LogP contribution in [0.5, 0.6) is 0 Å². The van der Waals surface area contributed by atoms with Crippen molar-refractivity contribution in [1.29, 1.82) is 0 Å². The smallest absolute Gasteiger partial charge is 0.284 e. The summed E-state index contributed by atoms with van der Waals surface area (Å²) in [5.41, 5.74) is 1.96. The van der Waals surface area contributed by atoms with Crippen LogP contribution in [0.3, 0.4) is 0 Å². The number of nitrogens with zero attached hydrogens (tertiary/aromatic N) is 2. The van der Waals surface area contributed by atoms with E-state index < -0.39 is 4.92 Å². The van der Waals surface area contributed by atoms with Gasteiger partial charge < -0.3 is 4.90 Å². The van der Waals surface area contributed by atoms with Crippen molar-refractivity contribution in [1.82, 2.24) is 0 Å². The minimum absolute atomic E-state index is 0.119. The lowest BCUT2D eigenvalue weighted by molar-refractivity contribution is -0.385. The van der Waals surface area contributed by atoms with E-state index in [9.17, 15) is 14.9 Å². The van der Waals surface area contributed by atoms with Crippen LogP contribution in [0.4, 0.5) is 11.4 Å². The predicted molar refractivity (Wildman–Crippen MR) is 89.3 cm³/mol. The number of rotatable bonds is 4. The lowest BCUT2D eigenvalue weighted by Gasteiger charge is -2.23. The fraction of sp³-hybridized carbons (Fsp3) is 0.188. The molecule has 0 spiro atoms. The molecule has 0 unspecified atom stereocenters. The van der Waals surface area contributed by atoms with Crippen molar-refractivity contribution in [2.24, 2.45) is 0 Å². The molecule has 6 heteroatoms. The average Bonchev–Trinajstić information content (AvgIpc) is 2.50. The summed E-state index contributed by atoms with van der Waals surface area (Å²) in [7, 11) is 0. The number of hydrogen-bond donors (Lipinski definition) is 0. The summed E-state index contributed by atoms with van der Waals surface area (Å²) in [6, 6.07) is 12.0. The van der Waals surface area contributed by atoms with Gasteiger partial charge in [0.05, 0.1) is 9.40 Å². The monoisotopic (exact) mass is 362 g/mol. The first-order valence-electron chi connectivity index (χ1n) is 6.77. The third kappa shape index (κ3) is 3.17. The molecule has 2 aromatic carbocycles. The average molecular weight is 363 g/mol. The molecule has 22 heavy (non-hydrogen) atoms. The van der Waals surface area contributed by atoms with E-state index >= 15 is 0 Å². The Morgan fingerprint density at radius 3 is 2.55 bits per heavy atom. The maximum absolute atomic E-state index is 12.7. The van der Waals surface area contributed by atoms with Crippen molar-refractivity contribution < 1.29 is 9.72 Å². The molecule has 0 saturated carbocycles. The quantitative estimate of drug-likeness (QED) is 0.600. The maximum atomic E-state index is 12.7. The van der Waals surface area contributed by atoms with Gasteiger partial charge in [0.15, 0.2) is 0 Å². The summed E-state index contributed by atoms with van der Waals surface area (Å²) < 4.78 is 0.355. The SMILES string of the molecule is CCN(C(=O)c1ccc(Br)c([N+](=O)[O-])c1)c1ccccc1C. The van der Waals surface area contributed by atoms with E-state index in [0.717, 1.165) is 11.3 Å². The number of hydrogen-bond acceptors (Lipinski definition) is 3. The molecule has 114 valence electrons. The van der Waals surface area contributed by atoms with Crippen molar-refractivity contribution in [2.75, 3.05) is 11.4 Å². The maximum Gasteiger partial charge on any atom is 0.284 e. The van der Waals surface area contributed by atoms with E-state index in [4.69, 9.17) is 0 Å². The van der Waals surface area contributed by atoms with E-state index in [1.165, 1.54) is 12.1 Å². The van der Waals surface area contributed by atoms with Crippen LogP contribution in [0.2, 0.25) is 0 Å². The summed E-state index contributed by atoms with van der Waals surface area (Å²) in [5.74, 6) is -0.257. The Balaban J connectivity index is 2.44. The molecule has 0 aliphatic rings. The van der Waals surface area contributed by atoms with Gasteiger partial charge in [-0.1, -0.05) is 18.2 Å². The van der Waals surface area contributed by atoms with Crippen LogP contribution in [0, 0.1) is 17.0 Å².